The number of aromatic nitrogens is 2. The van der Waals surface area contributed by atoms with E-state index in [0.29, 0.717) is 17.1 Å². The molecule has 0 radical (unpaired) electrons. The summed E-state index contributed by atoms with van der Waals surface area (Å²) in [7, 11) is -1.11. The Balaban J connectivity index is 1.43. The molecule has 1 fully saturated rings. The highest BCUT2D eigenvalue weighted by molar-refractivity contribution is 7.89. The lowest BCUT2D eigenvalue weighted by Gasteiger charge is -2.42. The number of aryl methyl sites for hydroxylation is 1. The number of alkyl carbamates (subject to hydrolysis) is 1. The first-order valence-corrected chi connectivity index (χ1v) is 14.2. The fourth-order valence-corrected chi connectivity index (χ4v) is 6.76. The maximum atomic E-state index is 13.5. The first-order valence-electron chi connectivity index (χ1n) is 12.7. The minimum absolute atomic E-state index is 0.00766. The summed E-state index contributed by atoms with van der Waals surface area (Å²) in [5, 5.41) is 14.5. The van der Waals surface area contributed by atoms with E-state index in [1.165, 1.54) is 26.4 Å². The number of aliphatic hydroxyl groups is 1. The highest BCUT2D eigenvalue weighted by atomic mass is 32.2. The van der Waals surface area contributed by atoms with Crippen molar-refractivity contribution in [2.45, 2.75) is 42.7 Å². The molecule has 41 heavy (non-hydrogen) atoms. The van der Waals surface area contributed by atoms with Gasteiger partial charge < -0.3 is 24.6 Å². The van der Waals surface area contributed by atoms with Crippen molar-refractivity contribution in [1.82, 2.24) is 19.0 Å². The van der Waals surface area contributed by atoms with Gasteiger partial charge in [0.2, 0.25) is 10.0 Å². The van der Waals surface area contributed by atoms with Crippen LogP contribution in [-0.4, -0.2) is 72.3 Å². The van der Waals surface area contributed by atoms with Crippen LogP contribution in [0, 0.1) is 6.92 Å². The van der Waals surface area contributed by atoms with Crippen molar-refractivity contribution in [3.8, 4) is 11.5 Å². The average molecular weight is 587 g/mol. The quantitative estimate of drug-likeness (QED) is 0.405. The number of fused-ring (bicyclic) bond motifs is 3. The number of nitrogens with zero attached hydrogens (tertiary/aromatic N) is 3. The maximum absolute atomic E-state index is 13.5. The summed E-state index contributed by atoms with van der Waals surface area (Å²) >= 11 is 0. The standard InChI is InChI=1S/C27H30N4O9S/c1-17-4-7-19(8-5-17)41(36,37)29-14-22-27(35,16-29)23(15-30-24(32)10-11-25(33)31(22)30)40-26(34)28-13-18-6-9-20(38-2)21(12-18)39-3/h4-12,22-23,35H,13-16H2,1-3H3,(H,28,34)/t22-,23+,27-/m1/s1. The molecule has 0 saturated carbocycles. The lowest BCUT2D eigenvalue weighted by molar-refractivity contribution is -0.124. The molecule has 2 aliphatic rings. The molecule has 13 nitrogen and oxygen atoms in total. The minimum Gasteiger partial charge on any atom is -0.493 e. The van der Waals surface area contributed by atoms with E-state index in [2.05, 4.69) is 5.32 Å². The predicted octanol–water partition coefficient (Wildman–Crippen LogP) is 0.621. The number of ether oxygens (including phenoxy) is 3. The summed E-state index contributed by atoms with van der Waals surface area (Å²) in [6, 6.07) is 12.2. The topological polar surface area (TPSA) is 158 Å². The van der Waals surface area contributed by atoms with Gasteiger partial charge in [0, 0.05) is 31.8 Å². The number of benzene rings is 2. The Morgan fingerprint density at radius 3 is 2.37 bits per heavy atom. The second kappa shape index (κ2) is 10.7. The number of carbonyl (C=O) groups excluding carboxylic acids is 1. The van der Waals surface area contributed by atoms with Crippen LogP contribution in [0.5, 0.6) is 11.5 Å². The molecule has 3 heterocycles. The molecule has 2 N–H and O–H groups in total. The molecule has 3 aromatic rings. The van der Waals surface area contributed by atoms with Gasteiger partial charge in [0.1, 0.15) is 11.6 Å². The van der Waals surface area contributed by atoms with Gasteiger partial charge in [-0.1, -0.05) is 23.8 Å². The van der Waals surface area contributed by atoms with E-state index in [4.69, 9.17) is 14.2 Å². The highest BCUT2D eigenvalue weighted by Gasteiger charge is 2.59. The molecule has 1 amide bonds. The van der Waals surface area contributed by atoms with Gasteiger partial charge in [-0.05, 0) is 36.8 Å². The number of hydrogen-bond acceptors (Lipinski definition) is 9. The first kappa shape index (κ1) is 28.4. The largest absolute Gasteiger partial charge is 0.493 e. The Bertz CT molecular complexity index is 1700. The molecule has 2 aliphatic heterocycles. The summed E-state index contributed by atoms with van der Waals surface area (Å²) in [5.74, 6) is 0.979. The van der Waals surface area contributed by atoms with Crippen LogP contribution in [0.25, 0.3) is 0 Å². The second-order valence-electron chi connectivity index (χ2n) is 9.99. The molecule has 5 rings (SSSR count). The zero-order chi connectivity index (χ0) is 29.5. The summed E-state index contributed by atoms with van der Waals surface area (Å²) in [6.07, 6.45) is -2.26. The van der Waals surface area contributed by atoms with Gasteiger partial charge in [0.25, 0.3) is 11.1 Å². The molecule has 2 aromatic carbocycles. The fourth-order valence-electron chi connectivity index (χ4n) is 5.27. The zero-order valence-electron chi connectivity index (χ0n) is 22.6. The molecular formula is C27H30N4O9S. The van der Waals surface area contributed by atoms with Gasteiger partial charge in [-0.25, -0.2) is 22.6 Å². The SMILES string of the molecule is COc1ccc(CNC(=O)O[C@H]2Cn3c(=O)ccc(=O)n3[C@@H]3CN(S(=O)(=O)c4ccc(C)cc4)C[C@]23O)cc1OC. The molecule has 1 saturated heterocycles. The Kier molecular flexibility index (Phi) is 7.40. The molecule has 0 aliphatic carbocycles. The van der Waals surface area contributed by atoms with Gasteiger partial charge in [-0.3, -0.25) is 9.59 Å². The van der Waals surface area contributed by atoms with E-state index in [9.17, 15) is 27.9 Å². The van der Waals surface area contributed by atoms with Gasteiger partial charge >= 0.3 is 6.09 Å². The van der Waals surface area contributed by atoms with E-state index in [-0.39, 0.29) is 24.5 Å². The zero-order valence-corrected chi connectivity index (χ0v) is 23.5. The van der Waals surface area contributed by atoms with Crippen LogP contribution in [0.15, 0.2) is 69.1 Å². The summed E-state index contributed by atoms with van der Waals surface area (Å²) in [6.45, 7) is 0.727. The predicted molar refractivity (Wildman–Crippen MR) is 146 cm³/mol. The Labute approximate surface area is 235 Å². The summed E-state index contributed by atoms with van der Waals surface area (Å²) in [4.78, 5) is 38.5. The maximum Gasteiger partial charge on any atom is 0.407 e. The number of β-amino-alcohol motifs (C(OH)–C–C–N with tert-alkyl or cyclic N) is 1. The molecule has 3 atom stereocenters. The van der Waals surface area contributed by atoms with Crippen LogP contribution in [0.4, 0.5) is 4.79 Å². The van der Waals surface area contributed by atoms with Gasteiger partial charge in [-0.2, -0.15) is 4.31 Å². The van der Waals surface area contributed by atoms with Crippen LogP contribution in [0.3, 0.4) is 0 Å². The number of sulfonamides is 1. The lowest BCUT2D eigenvalue weighted by atomic mass is 9.89. The minimum atomic E-state index is -4.10. The monoisotopic (exact) mass is 586 g/mol. The Morgan fingerprint density at radius 1 is 1.00 bits per heavy atom. The van der Waals surface area contributed by atoms with Crippen LogP contribution in [0.1, 0.15) is 17.2 Å². The van der Waals surface area contributed by atoms with Crippen LogP contribution >= 0.6 is 0 Å². The van der Waals surface area contributed by atoms with Crippen molar-refractivity contribution in [1.29, 1.82) is 0 Å². The first-order chi connectivity index (χ1) is 19.5. The number of carbonyl (C=O) groups is 1. The molecule has 0 bridgehead atoms. The van der Waals surface area contributed by atoms with Crippen LogP contribution in [0.2, 0.25) is 0 Å². The van der Waals surface area contributed by atoms with Crippen LogP contribution < -0.4 is 25.9 Å². The third-order valence-electron chi connectivity index (χ3n) is 7.48. The Morgan fingerprint density at radius 2 is 1.68 bits per heavy atom. The summed E-state index contributed by atoms with van der Waals surface area (Å²) < 4.78 is 46.3. The normalized spacial score (nSPS) is 22.0. The van der Waals surface area contributed by atoms with Crippen molar-refractivity contribution in [2.75, 3.05) is 27.3 Å². The van der Waals surface area contributed by atoms with E-state index in [1.54, 1.807) is 30.3 Å². The highest BCUT2D eigenvalue weighted by Crippen LogP contribution is 2.40. The molecule has 1 aromatic heterocycles. The second-order valence-corrected chi connectivity index (χ2v) is 11.9. The van der Waals surface area contributed by atoms with Crippen molar-refractivity contribution < 1.29 is 32.5 Å². The van der Waals surface area contributed by atoms with Crippen molar-refractivity contribution in [3.63, 3.8) is 0 Å². The number of nitrogens with one attached hydrogen (secondary N) is 1. The van der Waals surface area contributed by atoms with E-state index in [0.717, 1.165) is 31.4 Å². The smallest absolute Gasteiger partial charge is 0.407 e. The van der Waals surface area contributed by atoms with Crippen molar-refractivity contribution in [3.05, 3.63) is 86.4 Å². The number of hydrogen-bond donors (Lipinski definition) is 2. The van der Waals surface area contributed by atoms with Gasteiger partial charge in [-0.15, -0.1) is 0 Å². The number of rotatable bonds is 7. The molecule has 0 unspecified atom stereocenters. The molecule has 0 spiro atoms. The summed E-state index contributed by atoms with van der Waals surface area (Å²) in [5.41, 5.74) is -1.63. The van der Waals surface area contributed by atoms with Crippen molar-refractivity contribution in [2.24, 2.45) is 0 Å². The lowest BCUT2D eigenvalue weighted by Crippen LogP contribution is -2.62. The fraction of sp³-hybridized carbons (Fsp3) is 0.370. The van der Waals surface area contributed by atoms with E-state index in [1.807, 2.05) is 6.92 Å². The van der Waals surface area contributed by atoms with Crippen molar-refractivity contribution >= 4 is 16.1 Å². The Hall–Kier alpha value is -4.14. The molecule has 218 valence electrons. The number of methoxy groups -OCH3 is 2. The molecular weight excluding hydrogens is 556 g/mol. The van der Waals surface area contributed by atoms with E-state index < -0.39 is 51.5 Å². The molecule has 14 heteroatoms. The van der Waals surface area contributed by atoms with Crippen LogP contribution in [-0.2, 0) is 27.8 Å². The average Bonchev–Trinajstić information content (AvgIpc) is 3.33. The third kappa shape index (κ3) is 5.09. The van der Waals surface area contributed by atoms with E-state index >= 15 is 0 Å². The van der Waals surface area contributed by atoms with Gasteiger partial charge in [0.05, 0.1) is 25.7 Å². The third-order valence-corrected chi connectivity index (χ3v) is 9.30. The van der Waals surface area contributed by atoms with Gasteiger partial charge in [0.15, 0.2) is 17.6 Å². The number of amides is 1.